The Kier molecular flexibility index (Phi) is 2.93. The second-order valence-electron chi connectivity index (χ2n) is 3.37. The Morgan fingerprint density at radius 1 is 1.21 bits per heavy atom. The molecule has 1 aromatic heterocycles. The Morgan fingerprint density at radius 2 is 2.00 bits per heavy atom. The fourth-order valence-corrected chi connectivity index (χ4v) is 1.67. The van der Waals surface area contributed by atoms with Gasteiger partial charge in [-0.2, -0.15) is 10.1 Å². The van der Waals surface area contributed by atoms with E-state index in [1.54, 1.807) is 0 Å². The maximum Gasteiger partial charge on any atom is 0.238 e. The SMILES string of the molecule is S=c1nc(NN=C2CCCCC2)[nH][nH]1. The normalized spacial score (nSPS) is 16.7. The Labute approximate surface area is 87.0 Å². The third-order valence-electron chi connectivity index (χ3n) is 2.25. The molecule has 0 bridgehead atoms. The number of anilines is 1. The van der Waals surface area contributed by atoms with Gasteiger partial charge < -0.3 is 0 Å². The van der Waals surface area contributed by atoms with Crippen molar-refractivity contribution in [1.82, 2.24) is 15.2 Å². The van der Waals surface area contributed by atoms with Gasteiger partial charge in [-0.15, -0.1) is 0 Å². The summed E-state index contributed by atoms with van der Waals surface area (Å²) in [5, 5.41) is 9.76. The number of rotatable bonds is 2. The van der Waals surface area contributed by atoms with Crippen molar-refractivity contribution in [1.29, 1.82) is 0 Å². The summed E-state index contributed by atoms with van der Waals surface area (Å²) < 4.78 is 0.441. The maximum atomic E-state index is 4.82. The van der Waals surface area contributed by atoms with Gasteiger partial charge in [0.05, 0.1) is 0 Å². The first-order valence-corrected chi connectivity index (χ1v) is 5.21. The highest BCUT2D eigenvalue weighted by Gasteiger charge is 2.06. The first-order valence-electron chi connectivity index (χ1n) is 4.81. The molecule has 1 aliphatic carbocycles. The molecule has 0 spiro atoms. The average molecular weight is 211 g/mol. The van der Waals surface area contributed by atoms with Crippen LogP contribution >= 0.6 is 12.2 Å². The summed E-state index contributed by atoms with van der Waals surface area (Å²) in [6.45, 7) is 0. The zero-order valence-electron chi connectivity index (χ0n) is 7.84. The van der Waals surface area contributed by atoms with E-state index in [2.05, 4.69) is 25.7 Å². The van der Waals surface area contributed by atoms with E-state index in [1.807, 2.05) is 0 Å². The van der Waals surface area contributed by atoms with E-state index in [-0.39, 0.29) is 0 Å². The molecule has 14 heavy (non-hydrogen) atoms. The van der Waals surface area contributed by atoms with E-state index >= 15 is 0 Å². The van der Waals surface area contributed by atoms with Crippen LogP contribution in [0.25, 0.3) is 0 Å². The molecule has 0 unspecified atom stereocenters. The summed E-state index contributed by atoms with van der Waals surface area (Å²) >= 11 is 4.82. The molecule has 1 aliphatic rings. The predicted molar refractivity (Wildman–Crippen MR) is 57.9 cm³/mol. The van der Waals surface area contributed by atoms with Gasteiger partial charge in [-0.25, -0.2) is 5.43 Å². The van der Waals surface area contributed by atoms with Crippen LogP contribution in [0, 0.1) is 4.77 Å². The summed E-state index contributed by atoms with van der Waals surface area (Å²) in [5.74, 6) is 0.577. The van der Waals surface area contributed by atoms with Gasteiger partial charge in [0.15, 0.2) is 0 Å². The molecule has 1 fully saturated rings. The molecular weight excluding hydrogens is 198 g/mol. The van der Waals surface area contributed by atoms with Gasteiger partial charge in [0.1, 0.15) is 0 Å². The minimum atomic E-state index is 0.441. The summed E-state index contributed by atoms with van der Waals surface area (Å²) in [7, 11) is 0. The largest absolute Gasteiger partial charge is 0.272 e. The third-order valence-corrected chi connectivity index (χ3v) is 2.45. The highest BCUT2D eigenvalue weighted by atomic mass is 32.1. The zero-order chi connectivity index (χ0) is 9.80. The maximum absolute atomic E-state index is 4.82. The minimum Gasteiger partial charge on any atom is -0.272 e. The summed E-state index contributed by atoms with van der Waals surface area (Å²) in [4.78, 5) is 3.98. The monoisotopic (exact) mass is 211 g/mol. The van der Waals surface area contributed by atoms with Crippen LogP contribution in [0.15, 0.2) is 5.10 Å². The average Bonchev–Trinajstić information content (AvgIpc) is 2.63. The van der Waals surface area contributed by atoms with Gasteiger partial charge in [0.25, 0.3) is 0 Å². The molecule has 0 saturated heterocycles. The number of hydrogen-bond donors (Lipinski definition) is 3. The lowest BCUT2D eigenvalue weighted by molar-refractivity contribution is 0.665. The number of nitrogens with one attached hydrogen (secondary N) is 3. The molecule has 0 aromatic carbocycles. The van der Waals surface area contributed by atoms with Gasteiger partial charge in [-0.1, -0.05) is 6.42 Å². The van der Waals surface area contributed by atoms with Crippen molar-refractivity contribution < 1.29 is 0 Å². The minimum absolute atomic E-state index is 0.441. The van der Waals surface area contributed by atoms with Crippen LogP contribution in [-0.4, -0.2) is 20.9 Å². The molecule has 0 amide bonds. The smallest absolute Gasteiger partial charge is 0.238 e. The first kappa shape index (κ1) is 9.39. The van der Waals surface area contributed by atoms with E-state index < -0.39 is 0 Å². The van der Waals surface area contributed by atoms with Crippen molar-refractivity contribution >= 4 is 23.9 Å². The molecule has 0 radical (unpaired) electrons. The fourth-order valence-electron chi connectivity index (χ4n) is 1.53. The standard InChI is InChI=1S/C8H13N5S/c14-8-9-7(12-13-8)11-10-6-4-2-1-3-5-6/h1-5H2,(H3,9,11,12,13,14). The van der Waals surface area contributed by atoms with Crippen molar-refractivity contribution in [3.63, 3.8) is 0 Å². The van der Waals surface area contributed by atoms with Crippen LogP contribution in [0.5, 0.6) is 0 Å². The highest BCUT2D eigenvalue weighted by Crippen LogP contribution is 2.14. The number of nitrogens with zero attached hydrogens (tertiary/aromatic N) is 2. The second kappa shape index (κ2) is 4.36. The molecule has 76 valence electrons. The van der Waals surface area contributed by atoms with Gasteiger partial charge in [0.2, 0.25) is 10.7 Å². The van der Waals surface area contributed by atoms with Crippen LogP contribution in [0.2, 0.25) is 0 Å². The van der Waals surface area contributed by atoms with E-state index in [1.165, 1.54) is 25.0 Å². The molecule has 1 aromatic rings. The van der Waals surface area contributed by atoms with Crippen molar-refractivity contribution in [2.24, 2.45) is 5.10 Å². The van der Waals surface area contributed by atoms with Gasteiger partial charge in [0, 0.05) is 5.71 Å². The van der Waals surface area contributed by atoms with Gasteiger partial charge in [-0.05, 0) is 37.9 Å². The van der Waals surface area contributed by atoms with E-state index in [9.17, 15) is 0 Å². The van der Waals surface area contributed by atoms with E-state index in [0.29, 0.717) is 10.7 Å². The summed E-state index contributed by atoms with van der Waals surface area (Å²) in [6.07, 6.45) is 6.01. The Bertz CT molecular complexity index is 369. The number of aromatic nitrogens is 3. The van der Waals surface area contributed by atoms with Crippen molar-refractivity contribution in [2.75, 3.05) is 5.43 Å². The van der Waals surface area contributed by atoms with Crippen LogP contribution < -0.4 is 5.43 Å². The molecule has 5 nitrogen and oxygen atoms in total. The molecule has 1 saturated carbocycles. The Hall–Kier alpha value is -1.17. The molecule has 3 N–H and O–H groups in total. The van der Waals surface area contributed by atoms with Crippen LogP contribution in [0.4, 0.5) is 5.95 Å². The lowest BCUT2D eigenvalue weighted by atomic mass is 9.99. The van der Waals surface area contributed by atoms with E-state index in [4.69, 9.17) is 12.2 Å². The molecule has 1 heterocycles. The molecule has 0 aliphatic heterocycles. The summed E-state index contributed by atoms with van der Waals surface area (Å²) in [5.41, 5.74) is 4.08. The Balaban J connectivity index is 1.94. The van der Waals surface area contributed by atoms with E-state index in [0.717, 1.165) is 12.8 Å². The molecule has 6 heteroatoms. The van der Waals surface area contributed by atoms with Crippen LogP contribution in [0.3, 0.4) is 0 Å². The molecule has 2 rings (SSSR count). The van der Waals surface area contributed by atoms with Crippen LogP contribution in [-0.2, 0) is 0 Å². The third kappa shape index (κ3) is 2.41. The second-order valence-corrected chi connectivity index (χ2v) is 3.75. The Morgan fingerprint density at radius 3 is 2.64 bits per heavy atom. The predicted octanol–water partition coefficient (Wildman–Crippen LogP) is 2.20. The lowest BCUT2D eigenvalue weighted by Gasteiger charge is -2.11. The van der Waals surface area contributed by atoms with Gasteiger partial charge >= 0.3 is 0 Å². The van der Waals surface area contributed by atoms with Crippen molar-refractivity contribution in [3.8, 4) is 0 Å². The topological polar surface area (TPSA) is 68.9 Å². The number of aromatic amines is 2. The first-order chi connectivity index (χ1) is 6.84. The van der Waals surface area contributed by atoms with Crippen molar-refractivity contribution in [2.45, 2.75) is 32.1 Å². The molecular formula is C8H13N5S. The lowest BCUT2D eigenvalue weighted by Crippen LogP contribution is -2.07. The summed E-state index contributed by atoms with van der Waals surface area (Å²) in [6, 6.07) is 0. The van der Waals surface area contributed by atoms with Crippen molar-refractivity contribution in [3.05, 3.63) is 4.77 Å². The highest BCUT2D eigenvalue weighted by molar-refractivity contribution is 7.71. The number of H-pyrrole nitrogens is 2. The van der Waals surface area contributed by atoms with Crippen LogP contribution in [0.1, 0.15) is 32.1 Å². The number of hydrazone groups is 1. The number of hydrogen-bond acceptors (Lipinski definition) is 4. The van der Waals surface area contributed by atoms with Gasteiger partial charge in [-0.3, -0.25) is 10.2 Å². The fraction of sp³-hybridized carbons (Fsp3) is 0.625. The quantitative estimate of drug-likeness (QED) is 0.519. The molecule has 0 atom stereocenters. The zero-order valence-corrected chi connectivity index (χ0v) is 8.65.